The van der Waals surface area contributed by atoms with Gasteiger partial charge in [0.05, 0.1) is 0 Å². The minimum Gasteiger partial charge on any atom is -0.355 e. The Labute approximate surface area is 114 Å². The van der Waals surface area contributed by atoms with Crippen LogP contribution in [0.4, 0.5) is 5.82 Å². The monoisotopic (exact) mass is 271 g/mol. The molecule has 0 aliphatic carbocycles. The number of fused-ring (bicyclic) bond motifs is 1. The number of rotatable bonds is 2. The van der Waals surface area contributed by atoms with Gasteiger partial charge in [-0.3, -0.25) is 0 Å². The maximum absolute atomic E-state index is 4.70. The Hall–Kier alpha value is -1.95. The molecule has 19 heavy (non-hydrogen) atoms. The van der Waals surface area contributed by atoms with Gasteiger partial charge in [0.15, 0.2) is 11.5 Å². The molecule has 3 aromatic heterocycles. The number of thiophene rings is 1. The molecule has 1 aliphatic heterocycles. The zero-order valence-electron chi connectivity index (χ0n) is 10.4. The van der Waals surface area contributed by atoms with Crippen molar-refractivity contribution in [3.8, 4) is 11.4 Å². The van der Waals surface area contributed by atoms with Gasteiger partial charge in [-0.2, -0.15) is 15.9 Å². The molecule has 5 nitrogen and oxygen atoms in total. The van der Waals surface area contributed by atoms with Crippen molar-refractivity contribution < 1.29 is 0 Å². The topological polar surface area (TPSA) is 46.3 Å². The van der Waals surface area contributed by atoms with E-state index >= 15 is 0 Å². The minimum absolute atomic E-state index is 0.796. The van der Waals surface area contributed by atoms with Crippen LogP contribution in [-0.2, 0) is 0 Å². The minimum atomic E-state index is 0.796. The molecular weight excluding hydrogens is 258 g/mol. The van der Waals surface area contributed by atoms with E-state index in [2.05, 4.69) is 20.5 Å². The van der Waals surface area contributed by atoms with Gasteiger partial charge in [0.1, 0.15) is 5.82 Å². The Morgan fingerprint density at radius 2 is 1.95 bits per heavy atom. The molecule has 0 radical (unpaired) electrons. The van der Waals surface area contributed by atoms with Crippen molar-refractivity contribution in [2.24, 2.45) is 0 Å². The highest BCUT2D eigenvalue weighted by molar-refractivity contribution is 7.08. The van der Waals surface area contributed by atoms with Crippen molar-refractivity contribution >= 4 is 22.8 Å². The molecule has 0 saturated carbocycles. The third kappa shape index (κ3) is 1.79. The van der Waals surface area contributed by atoms with Gasteiger partial charge in [0.25, 0.3) is 0 Å². The highest BCUT2D eigenvalue weighted by Gasteiger charge is 2.16. The van der Waals surface area contributed by atoms with Crippen LogP contribution in [0.2, 0.25) is 0 Å². The summed E-state index contributed by atoms with van der Waals surface area (Å²) in [7, 11) is 0. The van der Waals surface area contributed by atoms with Crippen LogP contribution >= 0.6 is 11.3 Å². The molecule has 0 aromatic carbocycles. The van der Waals surface area contributed by atoms with E-state index in [0.717, 1.165) is 35.9 Å². The molecule has 0 unspecified atom stereocenters. The molecule has 0 spiro atoms. The first-order valence-corrected chi connectivity index (χ1v) is 7.36. The first kappa shape index (κ1) is 10.9. The Bertz CT molecular complexity index is 697. The van der Waals surface area contributed by atoms with Gasteiger partial charge in [-0.15, -0.1) is 15.3 Å². The van der Waals surface area contributed by atoms with Gasteiger partial charge in [-0.05, 0) is 36.4 Å². The van der Waals surface area contributed by atoms with E-state index in [0.29, 0.717) is 0 Å². The van der Waals surface area contributed by atoms with Gasteiger partial charge in [0.2, 0.25) is 0 Å². The molecule has 0 atom stereocenters. The summed E-state index contributed by atoms with van der Waals surface area (Å²) in [6.45, 7) is 2.18. The van der Waals surface area contributed by atoms with Crippen LogP contribution in [0, 0.1) is 0 Å². The predicted molar refractivity (Wildman–Crippen MR) is 75.5 cm³/mol. The van der Waals surface area contributed by atoms with Crippen LogP contribution in [0.3, 0.4) is 0 Å². The summed E-state index contributed by atoms with van der Waals surface area (Å²) in [6.07, 6.45) is 2.50. The van der Waals surface area contributed by atoms with Crippen molar-refractivity contribution in [2.75, 3.05) is 18.0 Å². The van der Waals surface area contributed by atoms with Gasteiger partial charge in [-0.1, -0.05) is 0 Å². The lowest BCUT2D eigenvalue weighted by molar-refractivity contribution is 0.861. The third-order valence-electron chi connectivity index (χ3n) is 3.46. The van der Waals surface area contributed by atoms with Crippen molar-refractivity contribution in [3.63, 3.8) is 0 Å². The van der Waals surface area contributed by atoms with Crippen molar-refractivity contribution in [1.82, 2.24) is 19.8 Å². The number of nitrogens with zero attached hydrogens (tertiary/aromatic N) is 5. The van der Waals surface area contributed by atoms with Crippen LogP contribution in [0.15, 0.2) is 29.0 Å². The van der Waals surface area contributed by atoms with Crippen molar-refractivity contribution in [2.45, 2.75) is 12.8 Å². The molecule has 1 aliphatic rings. The fourth-order valence-electron chi connectivity index (χ4n) is 2.47. The smallest absolute Gasteiger partial charge is 0.186 e. The van der Waals surface area contributed by atoms with E-state index in [4.69, 9.17) is 5.10 Å². The molecule has 6 heteroatoms. The summed E-state index contributed by atoms with van der Waals surface area (Å²) in [5, 5.41) is 17.2. The first-order valence-electron chi connectivity index (χ1n) is 6.42. The molecule has 0 N–H and O–H groups in total. The summed E-state index contributed by atoms with van der Waals surface area (Å²) < 4.78 is 1.84. The highest BCUT2D eigenvalue weighted by atomic mass is 32.1. The zero-order chi connectivity index (χ0) is 12.7. The summed E-state index contributed by atoms with van der Waals surface area (Å²) in [5.41, 5.74) is 1.87. The van der Waals surface area contributed by atoms with E-state index in [9.17, 15) is 0 Å². The van der Waals surface area contributed by atoms with Crippen LogP contribution in [0.1, 0.15) is 12.8 Å². The standard InChI is InChI=1S/C13H13N5S/c1-2-7-17(6-1)12-4-3-11-14-15-13(18(11)16-12)10-5-8-19-9-10/h3-5,8-9H,1-2,6-7H2. The lowest BCUT2D eigenvalue weighted by Crippen LogP contribution is -2.19. The maximum atomic E-state index is 4.70. The molecule has 1 fully saturated rings. The second kappa shape index (κ2) is 4.31. The average molecular weight is 271 g/mol. The lowest BCUT2D eigenvalue weighted by Gasteiger charge is -2.15. The van der Waals surface area contributed by atoms with Gasteiger partial charge in [-0.25, -0.2) is 0 Å². The molecule has 3 aromatic rings. The first-order chi connectivity index (χ1) is 9.42. The number of anilines is 1. The second-order valence-electron chi connectivity index (χ2n) is 4.69. The lowest BCUT2D eigenvalue weighted by atomic mass is 10.3. The summed E-state index contributed by atoms with van der Waals surface area (Å²) in [4.78, 5) is 2.32. The van der Waals surface area contributed by atoms with Crippen LogP contribution in [0.25, 0.3) is 17.0 Å². The van der Waals surface area contributed by atoms with Crippen molar-refractivity contribution in [1.29, 1.82) is 0 Å². The molecular formula is C13H13N5S. The fourth-order valence-corrected chi connectivity index (χ4v) is 3.10. The molecule has 1 saturated heterocycles. The molecule has 4 rings (SSSR count). The highest BCUT2D eigenvalue weighted by Crippen LogP contribution is 2.23. The zero-order valence-corrected chi connectivity index (χ0v) is 11.2. The third-order valence-corrected chi connectivity index (χ3v) is 4.14. The second-order valence-corrected chi connectivity index (χ2v) is 5.47. The molecule has 96 valence electrons. The quantitative estimate of drug-likeness (QED) is 0.718. The molecule has 4 heterocycles. The van der Waals surface area contributed by atoms with Crippen LogP contribution < -0.4 is 4.90 Å². The van der Waals surface area contributed by atoms with E-state index in [-0.39, 0.29) is 0 Å². The number of hydrogen-bond acceptors (Lipinski definition) is 5. The number of aromatic nitrogens is 4. The Balaban J connectivity index is 1.84. The largest absolute Gasteiger partial charge is 0.355 e. The SMILES string of the molecule is c1cc(-c2nnc3ccc(N4CCCC4)nn23)cs1. The van der Waals surface area contributed by atoms with E-state index < -0.39 is 0 Å². The van der Waals surface area contributed by atoms with Gasteiger partial charge in [0, 0.05) is 24.0 Å². The fraction of sp³-hybridized carbons (Fsp3) is 0.308. The maximum Gasteiger partial charge on any atom is 0.186 e. The van der Waals surface area contributed by atoms with E-state index in [1.54, 1.807) is 11.3 Å². The van der Waals surface area contributed by atoms with E-state index in [1.807, 2.05) is 28.1 Å². The summed E-state index contributed by atoms with van der Waals surface area (Å²) >= 11 is 1.66. The van der Waals surface area contributed by atoms with Gasteiger partial charge < -0.3 is 4.90 Å². The van der Waals surface area contributed by atoms with Gasteiger partial charge >= 0.3 is 0 Å². The van der Waals surface area contributed by atoms with E-state index in [1.165, 1.54) is 12.8 Å². The predicted octanol–water partition coefficient (Wildman–Crippen LogP) is 2.45. The summed E-state index contributed by atoms with van der Waals surface area (Å²) in [5.74, 6) is 1.83. The Kier molecular flexibility index (Phi) is 2.48. The van der Waals surface area contributed by atoms with Crippen molar-refractivity contribution in [3.05, 3.63) is 29.0 Å². The summed E-state index contributed by atoms with van der Waals surface area (Å²) in [6, 6.07) is 6.07. The van der Waals surface area contributed by atoms with Crippen LogP contribution in [0.5, 0.6) is 0 Å². The molecule has 0 amide bonds. The number of hydrogen-bond donors (Lipinski definition) is 0. The Morgan fingerprint density at radius 3 is 2.74 bits per heavy atom. The normalized spacial score (nSPS) is 15.5. The molecule has 0 bridgehead atoms. The van der Waals surface area contributed by atoms with Crippen LogP contribution in [-0.4, -0.2) is 32.9 Å². The average Bonchev–Trinajstić information content (AvgIpc) is 3.18. The Morgan fingerprint density at radius 1 is 1.05 bits per heavy atom.